The number of amides is 1. The first-order chi connectivity index (χ1) is 10.5. The van der Waals surface area contributed by atoms with E-state index in [1.807, 2.05) is 32.0 Å². The SMILES string of the molecule is COc1ccc(O[C@@H](C)C(=O)Nc2ccc(C)c(C)c2)cc1. The van der Waals surface area contributed by atoms with Gasteiger partial charge in [-0.25, -0.2) is 0 Å². The van der Waals surface area contributed by atoms with E-state index in [1.165, 1.54) is 5.56 Å². The number of carbonyl (C=O) groups excluding carboxylic acids is 1. The maximum atomic E-state index is 12.2. The molecule has 0 heterocycles. The third kappa shape index (κ3) is 4.01. The predicted molar refractivity (Wildman–Crippen MR) is 87.6 cm³/mol. The van der Waals surface area contributed by atoms with Gasteiger partial charge in [-0.1, -0.05) is 6.07 Å². The smallest absolute Gasteiger partial charge is 0.265 e. The highest BCUT2D eigenvalue weighted by molar-refractivity contribution is 5.94. The Bertz CT molecular complexity index is 650. The number of anilines is 1. The summed E-state index contributed by atoms with van der Waals surface area (Å²) >= 11 is 0. The Morgan fingerprint density at radius 3 is 2.23 bits per heavy atom. The highest BCUT2D eigenvalue weighted by Crippen LogP contribution is 2.19. The maximum absolute atomic E-state index is 12.2. The van der Waals surface area contributed by atoms with E-state index in [-0.39, 0.29) is 5.91 Å². The van der Waals surface area contributed by atoms with Crippen LogP contribution in [0.25, 0.3) is 0 Å². The summed E-state index contributed by atoms with van der Waals surface area (Å²) in [7, 11) is 1.61. The fraction of sp³-hybridized carbons (Fsp3) is 0.278. The van der Waals surface area contributed by atoms with Crippen LogP contribution in [-0.4, -0.2) is 19.1 Å². The van der Waals surface area contributed by atoms with Crippen molar-refractivity contribution in [1.29, 1.82) is 0 Å². The number of hydrogen-bond acceptors (Lipinski definition) is 3. The molecular weight excluding hydrogens is 278 g/mol. The number of carbonyl (C=O) groups is 1. The summed E-state index contributed by atoms with van der Waals surface area (Å²) in [5.41, 5.74) is 3.11. The summed E-state index contributed by atoms with van der Waals surface area (Å²) in [5, 5.41) is 2.86. The van der Waals surface area contributed by atoms with Crippen LogP contribution >= 0.6 is 0 Å². The van der Waals surface area contributed by atoms with E-state index in [1.54, 1.807) is 38.3 Å². The quantitative estimate of drug-likeness (QED) is 0.915. The van der Waals surface area contributed by atoms with Crippen LogP contribution < -0.4 is 14.8 Å². The molecule has 0 aromatic heterocycles. The number of rotatable bonds is 5. The molecule has 0 bridgehead atoms. The van der Waals surface area contributed by atoms with Crippen molar-refractivity contribution in [3.05, 3.63) is 53.6 Å². The van der Waals surface area contributed by atoms with E-state index in [0.29, 0.717) is 5.75 Å². The minimum absolute atomic E-state index is 0.181. The van der Waals surface area contributed by atoms with Gasteiger partial charge in [0, 0.05) is 5.69 Å². The minimum atomic E-state index is -0.588. The van der Waals surface area contributed by atoms with Crippen LogP contribution in [0.4, 0.5) is 5.69 Å². The molecule has 1 atom stereocenters. The summed E-state index contributed by atoms with van der Waals surface area (Å²) in [5.74, 6) is 1.20. The van der Waals surface area contributed by atoms with Crippen LogP contribution in [0.5, 0.6) is 11.5 Å². The average molecular weight is 299 g/mol. The van der Waals surface area contributed by atoms with Crippen molar-refractivity contribution in [2.45, 2.75) is 26.9 Å². The highest BCUT2D eigenvalue weighted by atomic mass is 16.5. The summed E-state index contributed by atoms with van der Waals surface area (Å²) in [6.07, 6.45) is -0.588. The fourth-order valence-corrected chi connectivity index (χ4v) is 1.98. The molecular formula is C18H21NO3. The Balaban J connectivity index is 1.97. The Kier molecular flexibility index (Phi) is 5.04. The number of aryl methyl sites for hydroxylation is 2. The Labute approximate surface area is 131 Å². The average Bonchev–Trinajstić information content (AvgIpc) is 2.51. The topological polar surface area (TPSA) is 47.6 Å². The van der Waals surface area contributed by atoms with E-state index in [4.69, 9.17) is 9.47 Å². The van der Waals surface area contributed by atoms with E-state index < -0.39 is 6.10 Å². The summed E-state index contributed by atoms with van der Waals surface area (Å²) < 4.78 is 10.7. The molecule has 2 rings (SSSR count). The molecule has 0 spiro atoms. The van der Waals surface area contributed by atoms with Crippen LogP contribution in [0.15, 0.2) is 42.5 Å². The van der Waals surface area contributed by atoms with Crippen LogP contribution in [0, 0.1) is 13.8 Å². The van der Waals surface area contributed by atoms with Gasteiger partial charge in [0.25, 0.3) is 5.91 Å². The zero-order valence-corrected chi connectivity index (χ0v) is 13.3. The van der Waals surface area contributed by atoms with Crippen LogP contribution in [-0.2, 0) is 4.79 Å². The zero-order chi connectivity index (χ0) is 16.1. The summed E-state index contributed by atoms with van der Waals surface area (Å²) in [6.45, 7) is 5.78. The van der Waals surface area contributed by atoms with Crippen molar-refractivity contribution in [3.8, 4) is 11.5 Å². The van der Waals surface area contributed by atoms with Crippen LogP contribution in [0.2, 0.25) is 0 Å². The van der Waals surface area contributed by atoms with Crippen LogP contribution in [0.3, 0.4) is 0 Å². The van der Waals surface area contributed by atoms with Gasteiger partial charge in [-0.05, 0) is 68.3 Å². The van der Waals surface area contributed by atoms with Crippen molar-refractivity contribution in [3.63, 3.8) is 0 Å². The van der Waals surface area contributed by atoms with Crippen molar-refractivity contribution < 1.29 is 14.3 Å². The molecule has 0 fully saturated rings. The molecule has 0 aliphatic rings. The molecule has 22 heavy (non-hydrogen) atoms. The van der Waals surface area contributed by atoms with E-state index in [0.717, 1.165) is 17.0 Å². The first-order valence-corrected chi connectivity index (χ1v) is 7.18. The van der Waals surface area contributed by atoms with Crippen LogP contribution in [0.1, 0.15) is 18.1 Å². The molecule has 116 valence electrons. The number of hydrogen-bond donors (Lipinski definition) is 1. The zero-order valence-electron chi connectivity index (χ0n) is 13.3. The molecule has 4 nitrogen and oxygen atoms in total. The molecule has 0 aliphatic carbocycles. The first kappa shape index (κ1) is 15.9. The Morgan fingerprint density at radius 1 is 1.00 bits per heavy atom. The first-order valence-electron chi connectivity index (χ1n) is 7.18. The maximum Gasteiger partial charge on any atom is 0.265 e. The molecule has 0 unspecified atom stereocenters. The van der Waals surface area contributed by atoms with Gasteiger partial charge in [0.1, 0.15) is 11.5 Å². The second-order valence-electron chi connectivity index (χ2n) is 5.22. The van der Waals surface area contributed by atoms with Gasteiger partial charge in [0.15, 0.2) is 6.10 Å². The van der Waals surface area contributed by atoms with Gasteiger partial charge >= 0.3 is 0 Å². The molecule has 1 amide bonds. The lowest BCUT2D eigenvalue weighted by molar-refractivity contribution is -0.122. The third-order valence-corrected chi connectivity index (χ3v) is 3.52. The monoisotopic (exact) mass is 299 g/mol. The second-order valence-corrected chi connectivity index (χ2v) is 5.22. The molecule has 4 heteroatoms. The molecule has 0 saturated heterocycles. The standard InChI is InChI=1S/C18H21NO3/c1-12-5-6-15(11-13(12)2)19-18(20)14(3)22-17-9-7-16(21-4)8-10-17/h5-11,14H,1-4H3,(H,19,20)/t14-/m0/s1. The van der Waals surface area contributed by atoms with Crippen molar-refractivity contribution in [1.82, 2.24) is 0 Å². The minimum Gasteiger partial charge on any atom is -0.497 e. The van der Waals surface area contributed by atoms with Crippen molar-refractivity contribution >= 4 is 11.6 Å². The number of methoxy groups -OCH3 is 1. The summed E-state index contributed by atoms with van der Waals surface area (Å²) in [6, 6.07) is 13.0. The van der Waals surface area contributed by atoms with Gasteiger partial charge in [0.2, 0.25) is 0 Å². The van der Waals surface area contributed by atoms with Crippen molar-refractivity contribution in [2.24, 2.45) is 0 Å². The van der Waals surface area contributed by atoms with E-state index >= 15 is 0 Å². The second kappa shape index (κ2) is 6.98. The largest absolute Gasteiger partial charge is 0.497 e. The van der Waals surface area contributed by atoms with E-state index in [2.05, 4.69) is 5.32 Å². The molecule has 2 aromatic carbocycles. The lowest BCUT2D eigenvalue weighted by atomic mass is 10.1. The molecule has 2 aromatic rings. The van der Waals surface area contributed by atoms with E-state index in [9.17, 15) is 4.79 Å². The molecule has 1 N–H and O–H groups in total. The molecule has 0 aliphatic heterocycles. The third-order valence-electron chi connectivity index (χ3n) is 3.52. The number of nitrogens with one attached hydrogen (secondary N) is 1. The lowest BCUT2D eigenvalue weighted by Gasteiger charge is -2.15. The normalized spacial score (nSPS) is 11.6. The highest BCUT2D eigenvalue weighted by Gasteiger charge is 2.15. The van der Waals surface area contributed by atoms with Crippen molar-refractivity contribution in [2.75, 3.05) is 12.4 Å². The molecule has 0 radical (unpaired) electrons. The molecule has 0 saturated carbocycles. The Morgan fingerprint density at radius 2 is 1.64 bits per heavy atom. The Hall–Kier alpha value is -2.49. The van der Waals surface area contributed by atoms with Gasteiger partial charge < -0.3 is 14.8 Å². The van der Waals surface area contributed by atoms with Gasteiger partial charge in [0.05, 0.1) is 7.11 Å². The lowest BCUT2D eigenvalue weighted by Crippen LogP contribution is -2.30. The summed E-state index contributed by atoms with van der Waals surface area (Å²) in [4.78, 5) is 12.2. The van der Waals surface area contributed by atoms with Gasteiger partial charge in [-0.3, -0.25) is 4.79 Å². The fourth-order valence-electron chi connectivity index (χ4n) is 1.98. The number of ether oxygens (including phenoxy) is 2. The number of benzene rings is 2. The predicted octanol–water partition coefficient (Wildman–Crippen LogP) is 3.72. The van der Waals surface area contributed by atoms with Gasteiger partial charge in [-0.15, -0.1) is 0 Å². The van der Waals surface area contributed by atoms with Gasteiger partial charge in [-0.2, -0.15) is 0 Å².